The number of imidazole rings is 1. The average molecular weight is 443 g/mol. The number of para-hydroxylation sites is 1. The zero-order chi connectivity index (χ0) is 23.3. The molecule has 1 atom stereocenters. The molecule has 1 amide bonds. The third-order valence-corrected chi connectivity index (χ3v) is 5.93. The fraction of sp³-hybridized carbons (Fsp3) is 0.160. The van der Waals surface area contributed by atoms with Crippen molar-refractivity contribution in [3.05, 3.63) is 82.8 Å². The molecule has 0 bridgehead atoms. The lowest BCUT2D eigenvalue weighted by Gasteiger charge is -2.20. The first kappa shape index (κ1) is 20.6. The van der Waals surface area contributed by atoms with E-state index >= 15 is 0 Å². The molecular weight excluding hydrogens is 422 g/mol. The zero-order valence-corrected chi connectivity index (χ0v) is 18.2. The minimum Gasteiger partial charge on any atom is -0.507 e. The molecule has 5 rings (SSSR count). The normalized spacial score (nSPS) is 17.8. The maximum Gasteiger partial charge on any atom is 0.302 e. The summed E-state index contributed by atoms with van der Waals surface area (Å²) in [6, 6.07) is 12.9. The molecule has 33 heavy (non-hydrogen) atoms. The second-order valence-electron chi connectivity index (χ2n) is 7.90. The molecule has 1 saturated heterocycles. The third-order valence-electron chi connectivity index (χ3n) is 5.93. The summed E-state index contributed by atoms with van der Waals surface area (Å²) in [5.41, 5.74) is 3.72. The Bertz CT molecular complexity index is 1390. The Morgan fingerprint density at radius 1 is 1.12 bits per heavy atom. The summed E-state index contributed by atoms with van der Waals surface area (Å²) in [5, 5.41) is 11.2. The van der Waals surface area contributed by atoms with Crippen LogP contribution in [0.2, 0.25) is 0 Å². The Morgan fingerprint density at radius 3 is 2.61 bits per heavy atom. The molecule has 0 spiro atoms. The number of anilines is 1. The van der Waals surface area contributed by atoms with Crippen LogP contribution in [-0.2, 0) is 9.59 Å². The van der Waals surface area contributed by atoms with Gasteiger partial charge in [-0.15, -0.1) is 0 Å². The van der Waals surface area contributed by atoms with Gasteiger partial charge in [-0.3, -0.25) is 14.5 Å². The molecule has 166 valence electrons. The Morgan fingerprint density at radius 2 is 1.88 bits per heavy atom. The van der Waals surface area contributed by atoms with Crippen LogP contribution < -0.4 is 9.64 Å². The second kappa shape index (κ2) is 7.67. The molecule has 1 aliphatic rings. The first-order valence-electron chi connectivity index (χ1n) is 10.4. The van der Waals surface area contributed by atoms with E-state index in [0.29, 0.717) is 22.6 Å². The summed E-state index contributed by atoms with van der Waals surface area (Å²) in [4.78, 5) is 35.4. The number of benzene rings is 2. The van der Waals surface area contributed by atoms with Gasteiger partial charge in [-0.1, -0.05) is 12.1 Å². The number of aliphatic hydroxyl groups is 1. The number of carbonyl (C=O) groups excluding carboxylic acids is 2. The van der Waals surface area contributed by atoms with Crippen molar-refractivity contribution in [1.82, 2.24) is 9.97 Å². The molecule has 1 unspecified atom stereocenters. The number of H-pyrrole nitrogens is 1. The van der Waals surface area contributed by atoms with E-state index in [-0.39, 0.29) is 17.3 Å². The summed E-state index contributed by atoms with van der Waals surface area (Å²) in [6.07, 6.45) is 1.45. The predicted octanol–water partition coefficient (Wildman–Crippen LogP) is 4.41. The monoisotopic (exact) mass is 443 g/mol. The van der Waals surface area contributed by atoms with Gasteiger partial charge in [0, 0.05) is 0 Å². The molecule has 2 aromatic heterocycles. The number of rotatable bonds is 4. The van der Waals surface area contributed by atoms with Gasteiger partial charge in [0.25, 0.3) is 5.78 Å². The van der Waals surface area contributed by atoms with Crippen molar-refractivity contribution in [3.8, 4) is 5.75 Å². The van der Waals surface area contributed by atoms with Crippen molar-refractivity contribution in [2.24, 2.45) is 0 Å². The number of ketones is 1. The number of methoxy groups -OCH3 is 1. The highest BCUT2D eigenvalue weighted by atomic mass is 16.5. The molecule has 0 radical (unpaired) electrons. The highest BCUT2D eigenvalue weighted by Gasteiger charge is 2.49. The number of aliphatic hydroxyl groups excluding tert-OH is 1. The number of amides is 1. The Labute approximate surface area is 189 Å². The maximum atomic E-state index is 13.2. The van der Waals surface area contributed by atoms with Gasteiger partial charge < -0.3 is 19.2 Å². The van der Waals surface area contributed by atoms with E-state index in [0.717, 1.165) is 16.6 Å². The molecule has 1 aliphatic heterocycles. The lowest BCUT2D eigenvalue weighted by atomic mass is 9.99. The van der Waals surface area contributed by atoms with Crippen molar-refractivity contribution in [2.75, 3.05) is 12.0 Å². The van der Waals surface area contributed by atoms with Crippen LogP contribution in [0.4, 0.5) is 5.95 Å². The molecule has 8 heteroatoms. The van der Waals surface area contributed by atoms with Gasteiger partial charge in [-0.2, -0.15) is 0 Å². The highest BCUT2D eigenvalue weighted by molar-refractivity contribution is 6.51. The fourth-order valence-electron chi connectivity index (χ4n) is 4.12. The quantitative estimate of drug-likeness (QED) is 0.275. The number of Topliss-reactive ketones (excluding diaryl/α,β-unsaturated/α-hetero) is 1. The molecular formula is C25H21N3O5. The first-order valence-corrected chi connectivity index (χ1v) is 10.4. The second-order valence-corrected chi connectivity index (χ2v) is 7.90. The van der Waals surface area contributed by atoms with Gasteiger partial charge in [0.05, 0.1) is 35.5 Å². The molecule has 3 heterocycles. The van der Waals surface area contributed by atoms with Crippen LogP contribution in [0.25, 0.3) is 16.8 Å². The lowest BCUT2D eigenvalue weighted by Crippen LogP contribution is -2.30. The number of hydrogen-bond donors (Lipinski definition) is 2. The number of aromatic nitrogens is 2. The minimum absolute atomic E-state index is 0.104. The number of ether oxygens (including phenoxy) is 1. The number of aromatic amines is 1. The Hall–Kier alpha value is -4.33. The molecule has 8 nitrogen and oxygen atoms in total. The van der Waals surface area contributed by atoms with Gasteiger partial charge in [-0.05, 0) is 61.4 Å². The smallest absolute Gasteiger partial charge is 0.302 e. The van der Waals surface area contributed by atoms with Crippen LogP contribution in [0.15, 0.2) is 64.8 Å². The van der Waals surface area contributed by atoms with Gasteiger partial charge >= 0.3 is 5.91 Å². The SMILES string of the molecule is COc1ccccc1/C(O)=C1\C(=O)C(=O)N(c2nc3cc(C)c(C)cc3[nH]2)C1c1ccco1. The largest absolute Gasteiger partial charge is 0.507 e. The van der Waals surface area contributed by atoms with E-state index in [1.807, 2.05) is 26.0 Å². The number of carbonyl (C=O) groups is 2. The van der Waals surface area contributed by atoms with E-state index in [4.69, 9.17) is 9.15 Å². The number of nitrogens with one attached hydrogen (secondary N) is 1. The zero-order valence-electron chi connectivity index (χ0n) is 18.2. The summed E-state index contributed by atoms with van der Waals surface area (Å²) in [7, 11) is 1.47. The minimum atomic E-state index is -1.01. The van der Waals surface area contributed by atoms with Crippen molar-refractivity contribution < 1.29 is 23.8 Å². The first-order chi connectivity index (χ1) is 15.9. The van der Waals surface area contributed by atoms with Crippen LogP contribution in [-0.4, -0.2) is 33.9 Å². The van der Waals surface area contributed by atoms with Crippen molar-refractivity contribution in [3.63, 3.8) is 0 Å². The van der Waals surface area contributed by atoms with E-state index in [1.165, 1.54) is 18.3 Å². The fourth-order valence-corrected chi connectivity index (χ4v) is 4.12. The standard InChI is InChI=1S/C25H21N3O5/c1-13-11-16-17(12-14(13)2)27-25(26-16)28-21(19-9-6-10-33-19)20(23(30)24(28)31)22(29)15-7-4-5-8-18(15)32-3/h4-12,21,29H,1-3H3,(H,26,27)/b22-20+. The van der Waals surface area contributed by atoms with Crippen molar-refractivity contribution >= 4 is 34.4 Å². The van der Waals surface area contributed by atoms with Crippen molar-refractivity contribution in [1.29, 1.82) is 0 Å². The Balaban J connectivity index is 1.73. The number of hydrogen-bond acceptors (Lipinski definition) is 6. The molecule has 2 N–H and O–H groups in total. The van der Waals surface area contributed by atoms with Crippen molar-refractivity contribution in [2.45, 2.75) is 19.9 Å². The van der Waals surface area contributed by atoms with Gasteiger partial charge in [0.15, 0.2) is 0 Å². The van der Waals surface area contributed by atoms with E-state index in [1.54, 1.807) is 36.4 Å². The summed E-state index contributed by atoms with van der Waals surface area (Å²) in [6.45, 7) is 3.96. The van der Waals surface area contributed by atoms with E-state index < -0.39 is 17.7 Å². The molecule has 4 aromatic rings. The summed E-state index contributed by atoms with van der Waals surface area (Å²) < 4.78 is 10.9. The van der Waals surface area contributed by atoms with Crippen LogP contribution in [0.1, 0.15) is 28.5 Å². The topological polar surface area (TPSA) is 109 Å². The number of fused-ring (bicyclic) bond motifs is 1. The molecule has 2 aromatic carbocycles. The number of aryl methyl sites for hydroxylation is 2. The Kier molecular flexibility index (Phi) is 4.78. The molecule has 0 saturated carbocycles. The third kappa shape index (κ3) is 3.18. The predicted molar refractivity (Wildman–Crippen MR) is 122 cm³/mol. The van der Waals surface area contributed by atoms with E-state index in [2.05, 4.69) is 9.97 Å². The lowest BCUT2D eigenvalue weighted by molar-refractivity contribution is -0.132. The summed E-state index contributed by atoms with van der Waals surface area (Å²) >= 11 is 0. The van der Waals surface area contributed by atoms with Gasteiger partial charge in [0.1, 0.15) is 23.3 Å². The van der Waals surface area contributed by atoms with Crippen LogP contribution in [0.5, 0.6) is 5.75 Å². The number of furan rings is 1. The van der Waals surface area contributed by atoms with Gasteiger partial charge in [0.2, 0.25) is 5.95 Å². The van der Waals surface area contributed by atoms with Crippen LogP contribution in [0.3, 0.4) is 0 Å². The van der Waals surface area contributed by atoms with Crippen LogP contribution >= 0.6 is 0 Å². The maximum absolute atomic E-state index is 13.2. The highest BCUT2D eigenvalue weighted by Crippen LogP contribution is 2.43. The average Bonchev–Trinajstić information content (AvgIpc) is 3.53. The van der Waals surface area contributed by atoms with Crippen LogP contribution in [0, 0.1) is 13.8 Å². The molecule has 1 fully saturated rings. The number of nitrogens with zero attached hydrogens (tertiary/aromatic N) is 2. The van der Waals surface area contributed by atoms with Gasteiger partial charge in [-0.25, -0.2) is 4.98 Å². The molecule has 0 aliphatic carbocycles. The summed E-state index contributed by atoms with van der Waals surface area (Å²) in [5.74, 6) is -1.13. The van der Waals surface area contributed by atoms with E-state index in [9.17, 15) is 14.7 Å².